The highest BCUT2D eigenvalue weighted by Gasteiger charge is 2.26. The highest BCUT2D eigenvalue weighted by molar-refractivity contribution is 7.90. The maximum absolute atomic E-state index is 13.1. The number of pyridine rings is 2. The van der Waals surface area contributed by atoms with Gasteiger partial charge >= 0.3 is 0 Å². The van der Waals surface area contributed by atoms with Crippen LogP contribution in [0, 0.1) is 0 Å². The van der Waals surface area contributed by atoms with Gasteiger partial charge in [0.05, 0.1) is 18.3 Å². The molecule has 0 saturated carbocycles. The third kappa shape index (κ3) is 4.63. The Morgan fingerprint density at radius 1 is 0.971 bits per heavy atom. The van der Waals surface area contributed by atoms with Gasteiger partial charge in [-0.25, -0.2) is 18.1 Å². The number of rotatable bonds is 5. The molecular weight excluding hydrogens is 450 g/mol. The first-order valence-electron chi connectivity index (χ1n) is 10.7. The number of amides is 1. The fourth-order valence-electron chi connectivity index (χ4n) is 3.61. The first kappa shape index (κ1) is 23.4. The summed E-state index contributed by atoms with van der Waals surface area (Å²) in [6.45, 7) is 5.92. The molecule has 174 valence electrons. The van der Waals surface area contributed by atoms with Crippen molar-refractivity contribution >= 4 is 26.8 Å². The average molecular weight is 476 g/mol. The summed E-state index contributed by atoms with van der Waals surface area (Å²) in [5.74, 6) is -0.673. The standard InChI is InChI=1S/C26H25N3O4S/c1-26(2,3)17-11-14-23(33-4)24(16-17)34(31,32)29-25(30)22-13-12-19-18(8-7-10-21(19)28-22)20-9-5-6-15-27-20/h5-16H,1-4H3,(H,29,30). The summed E-state index contributed by atoms with van der Waals surface area (Å²) in [7, 11) is -2.83. The Hall–Kier alpha value is -3.78. The maximum atomic E-state index is 13.1. The van der Waals surface area contributed by atoms with Gasteiger partial charge in [0.25, 0.3) is 15.9 Å². The summed E-state index contributed by atoms with van der Waals surface area (Å²) < 4.78 is 33.6. The van der Waals surface area contributed by atoms with Crippen molar-refractivity contribution < 1.29 is 17.9 Å². The second kappa shape index (κ2) is 8.87. The number of sulfonamides is 1. The van der Waals surface area contributed by atoms with E-state index in [1.165, 1.54) is 19.2 Å². The van der Waals surface area contributed by atoms with E-state index in [9.17, 15) is 13.2 Å². The first-order chi connectivity index (χ1) is 16.1. The lowest BCUT2D eigenvalue weighted by Gasteiger charge is -2.21. The smallest absolute Gasteiger partial charge is 0.283 e. The second-order valence-electron chi connectivity index (χ2n) is 8.83. The molecule has 0 bridgehead atoms. The third-order valence-electron chi connectivity index (χ3n) is 5.45. The van der Waals surface area contributed by atoms with Gasteiger partial charge in [0.1, 0.15) is 16.3 Å². The Morgan fingerprint density at radius 3 is 2.44 bits per heavy atom. The van der Waals surface area contributed by atoms with E-state index in [-0.39, 0.29) is 21.8 Å². The lowest BCUT2D eigenvalue weighted by atomic mass is 9.87. The summed E-state index contributed by atoms with van der Waals surface area (Å²) in [5, 5.41) is 0.806. The first-order valence-corrected chi connectivity index (χ1v) is 12.2. The topological polar surface area (TPSA) is 98.2 Å². The van der Waals surface area contributed by atoms with Crippen LogP contribution < -0.4 is 9.46 Å². The van der Waals surface area contributed by atoms with E-state index in [1.54, 1.807) is 24.4 Å². The Bertz CT molecular complexity index is 1480. The fraction of sp³-hybridized carbons (Fsp3) is 0.192. The molecule has 0 atom stereocenters. The van der Waals surface area contributed by atoms with Gasteiger partial charge in [-0.05, 0) is 53.4 Å². The molecule has 1 amide bonds. The number of benzene rings is 2. The zero-order valence-corrected chi connectivity index (χ0v) is 20.2. The summed E-state index contributed by atoms with van der Waals surface area (Å²) >= 11 is 0. The van der Waals surface area contributed by atoms with E-state index in [4.69, 9.17) is 4.74 Å². The van der Waals surface area contributed by atoms with Gasteiger partial charge < -0.3 is 4.74 Å². The Balaban J connectivity index is 1.68. The molecule has 8 heteroatoms. The molecule has 0 radical (unpaired) electrons. The molecule has 2 heterocycles. The number of carbonyl (C=O) groups is 1. The molecule has 0 spiro atoms. The van der Waals surface area contributed by atoms with Gasteiger partial charge in [0, 0.05) is 17.1 Å². The minimum absolute atomic E-state index is 0.0137. The summed E-state index contributed by atoms with van der Waals surface area (Å²) in [6, 6.07) is 19.3. The van der Waals surface area contributed by atoms with Gasteiger partial charge in [-0.2, -0.15) is 0 Å². The number of nitrogens with zero attached hydrogens (tertiary/aromatic N) is 2. The molecule has 1 N–H and O–H groups in total. The molecule has 0 aliphatic rings. The number of ether oxygens (including phenoxy) is 1. The van der Waals surface area contributed by atoms with Crippen molar-refractivity contribution in [3.8, 4) is 17.0 Å². The average Bonchev–Trinajstić information content (AvgIpc) is 2.82. The predicted octanol–water partition coefficient (Wildman–Crippen LogP) is 4.72. The Morgan fingerprint density at radius 2 is 1.76 bits per heavy atom. The SMILES string of the molecule is COc1ccc(C(C)(C)C)cc1S(=O)(=O)NC(=O)c1ccc2c(-c3ccccn3)cccc2n1. The molecule has 0 aliphatic heterocycles. The van der Waals surface area contributed by atoms with Crippen LogP contribution in [-0.4, -0.2) is 31.4 Å². The highest BCUT2D eigenvalue weighted by atomic mass is 32.2. The van der Waals surface area contributed by atoms with Gasteiger partial charge in [-0.15, -0.1) is 0 Å². The molecule has 7 nitrogen and oxygen atoms in total. The van der Waals surface area contributed by atoms with E-state index in [0.29, 0.717) is 5.52 Å². The van der Waals surface area contributed by atoms with E-state index >= 15 is 0 Å². The summed E-state index contributed by atoms with van der Waals surface area (Å²) in [6.07, 6.45) is 1.71. The fourth-order valence-corrected chi connectivity index (χ4v) is 4.77. The van der Waals surface area contributed by atoms with Gasteiger partial charge in [0.2, 0.25) is 0 Å². The van der Waals surface area contributed by atoms with Crippen molar-refractivity contribution in [3.05, 3.63) is 84.2 Å². The number of fused-ring (bicyclic) bond motifs is 1. The highest BCUT2D eigenvalue weighted by Crippen LogP contribution is 2.31. The molecule has 0 aliphatic carbocycles. The number of nitrogens with one attached hydrogen (secondary N) is 1. The number of hydrogen-bond donors (Lipinski definition) is 1. The van der Waals surface area contributed by atoms with E-state index in [2.05, 4.69) is 14.7 Å². The number of carbonyl (C=O) groups excluding carboxylic acids is 1. The van der Waals surface area contributed by atoms with Crippen molar-refractivity contribution in [3.63, 3.8) is 0 Å². The molecule has 0 unspecified atom stereocenters. The van der Waals surface area contributed by atoms with Gasteiger partial charge in [-0.1, -0.05) is 45.0 Å². The second-order valence-corrected chi connectivity index (χ2v) is 10.5. The monoisotopic (exact) mass is 475 g/mol. The largest absolute Gasteiger partial charge is 0.495 e. The van der Waals surface area contributed by atoms with Crippen molar-refractivity contribution in [2.75, 3.05) is 7.11 Å². The van der Waals surface area contributed by atoms with Crippen LogP contribution in [0.15, 0.2) is 77.8 Å². The maximum Gasteiger partial charge on any atom is 0.283 e. The predicted molar refractivity (Wildman–Crippen MR) is 131 cm³/mol. The van der Waals surface area contributed by atoms with Gasteiger partial charge in [0.15, 0.2) is 0 Å². The number of hydrogen-bond acceptors (Lipinski definition) is 6. The lowest BCUT2D eigenvalue weighted by molar-refractivity contribution is 0.0977. The molecule has 2 aromatic carbocycles. The molecule has 4 rings (SSSR count). The van der Waals surface area contributed by atoms with Crippen LogP contribution in [0.1, 0.15) is 36.8 Å². The van der Waals surface area contributed by atoms with Crippen LogP contribution in [0.5, 0.6) is 5.75 Å². The number of aromatic nitrogens is 2. The Kier molecular flexibility index (Phi) is 6.10. The Labute approximate surface area is 198 Å². The number of methoxy groups -OCH3 is 1. The molecule has 2 aromatic heterocycles. The van der Waals surface area contributed by atoms with Crippen molar-refractivity contribution in [2.45, 2.75) is 31.1 Å². The van der Waals surface area contributed by atoms with Crippen LogP contribution >= 0.6 is 0 Å². The van der Waals surface area contributed by atoms with Crippen LogP contribution in [-0.2, 0) is 15.4 Å². The van der Waals surface area contributed by atoms with Crippen LogP contribution in [0.2, 0.25) is 0 Å². The lowest BCUT2D eigenvalue weighted by Crippen LogP contribution is -2.31. The quantitative estimate of drug-likeness (QED) is 0.448. The third-order valence-corrected chi connectivity index (χ3v) is 6.80. The van der Waals surface area contributed by atoms with Crippen LogP contribution in [0.25, 0.3) is 22.2 Å². The van der Waals surface area contributed by atoms with Crippen LogP contribution in [0.4, 0.5) is 0 Å². The molecule has 4 aromatic rings. The normalized spacial score (nSPS) is 11.9. The summed E-state index contributed by atoms with van der Waals surface area (Å²) in [5.41, 5.74) is 2.70. The van der Waals surface area contributed by atoms with Crippen molar-refractivity contribution in [1.82, 2.24) is 14.7 Å². The summed E-state index contributed by atoms with van der Waals surface area (Å²) in [4.78, 5) is 21.6. The van der Waals surface area contributed by atoms with Crippen molar-refractivity contribution in [2.24, 2.45) is 0 Å². The minimum Gasteiger partial charge on any atom is -0.495 e. The van der Waals surface area contributed by atoms with Crippen molar-refractivity contribution in [1.29, 1.82) is 0 Å². The van der Waals surface area contributed by atoms with Gasteiger partial charge in [-0.3, -0.25) is 9.78 Å². The molecule has 0 fully saturated rings. The van der Waals surface area contributed by atoms with E-state index < -0.39 is 15.9 Å². The molecule has 0 saturated heterocycles. The molecule has 34 heavy (non-hydrogen) atoms. The minimum atomic E-state index is -4.21. The van der Waals surface area contributed by atoms with Crippen LogP contribution in [0.3, 0.4) is 0 Å². The zero-order valence-electron chi connectivity index (χ0n) is 19.4. The zero-order chi connectivity index (χ0) is 24.5. The molecular formula is C26H25N3O4S. The van der Waals surface area contributed by atoms with E-state index in [1.807, 2.05) is 57.2 Å². The van der Waals surface area contributed by atoms with E-state index in [0.717, 1.165) is 22.2 Å².